The molecular formula is C13H23NO3. The lowest BCUT2D eigenvalue weighted by atomic mass is 10.0. The van der Waals surface area contributed by atoms with Gasteiger partial charge >= 0.3 is 6.09 Å². The Kier molecular flexibility index (Phi) is 4.54. The van der Waals surface area contributed by atoms with Crippen molar-refractivity contribution in [3.63, 3.8) is 0 Å². The third-order valence-electron chi connectivity index (χ3n) is 2.61. The standard InChI is InChI=1S/C13H23NO3/c1-5-6-10(15)11(9-7-8-9)14-12(16)17-13(2,3)4/h9,11H,5-8H2,1-4H3,(H,14,16). The molecule has 1 aliphatic carbocycles. The summed E-state index contributed by atoms with van der Waals surface area (Å²) in [5.41, 5.74) is -0.522. The van der Waals surface area contributed by atoms with Gasteiger partial charge in [-0.3, -0.25) is 4.79 Å². The van der Waals surface area contributed by atoms with Gasteiger partial charge in [0.15, 0.2) is 5.78 Å². The SMILES string of the molecule is CCCC(=O)C(NC(=O)OC(C)(C)C)C1CC1. The van der Waals surface area contributed by atoms with Crippen LogP contribution in [0.25, 0.3) is 0 Å². The lowest BCUT2D eigenvalue weighted by Gasteiger charge is -2.23. The van der Waals surface area contributed by atoms with E-state index in [4.69, 9.17) is 4.74 Å². The van der Waals surface area contributed by atoms with Crippen molar-refractivity contribution in [2.45, 2.75) is 65.0 Å². The Hall–Kier alpha value is -1.06. The van der Waals surface area contributed by atoms with Crippen molar-refractivity contribution in [3.05, 3.63) is 0 Å². The number of carbonyl (C=O) groups excluding carboxylic acids is 2. The number of Topliss-reactive ketones (excluding diaryl/α,β-unsaturated/α-hetero) is 1. The molecule has 0 aromatic carbocycles. The number of ketones is 1. The van der Waals surface area contributed by atoms with Crippen LogP contribution in [0.3, 0.4) is 0 Å². The molecule has 1 amide bonds. The van der Waals surface area contributed by atoms with E-state index in [1.165, 1.54) is 0 Å². The molecule has 4 heteroatoms. The summed E-state index contributed by atoms with van der Waals surface area (Å²) >= 11 is 0. The van der Waals surface area contributed by atoms with Crippen molar-refractivity contribution in [2.24, 2.45) is 5.92 Å². The predicted molar refractivity (Wildman–Crippen MR) is 65.8 cm³/mol. The zero-order chi connectivity index (χ0) is 13.1. The van der Waals surface area contributed by atoms with Crippen LogP contribution in [0.4, 0.5) is 4.79 Å². The van der Waals surface area contributed by atoms with Gasteiger partial charge in [0.1, 0.15) is 5.60 Å². The van der Waals surface area contributed by atoms with E-state index in [9.17, 15) is 9.59 Å². The fourth-order valence-electron chi connectivity index (χ4n) is 1.73. The number of rotatable bonds is 5. The molecule has 0 aromatic heterocycles. The van der Waals surface area contributed by atoms with Crippen LogP contribution < -0.4 is 5.32 Å². The van der Waals surface area contributed by atoms with E-state index in [0.717, 1.165) is 19.3 Å². The highest BCUT2D eigenvalue weighted by Crippen LogP contribution is 2.33. The van der Waals surface area contributed by atoms with Gasteiger partial charge in [0.2, 0.25) is 0 Å². The lowest BCUT2D eigenvalue weighted by Crippen LogP contribution is -2.44. The van der Waals surface area contributed by atoms with E-state index in [-0.39, 0.29) is 11.8 Å². The maximum Gasteiger partial charge on any atom is 0.408 e. The van der Waals surface area contributed by atoms with Crippen LogP contribution in [0.1, 0.15) is 53.4 Å². The van der Waals surface area contributed by atoms with Crippen molar-refractivity contribution in [2.75, 3.05) is 0 Å². The van der Waals surface area contributed by atoms with E-state index < -0.39 is 11.7 Å². The van der Waals surface area contributed by atoms with E-state index in [1.807, 2.05) is 27.7 Å². The van der Waals surface area contributed by atoms with Crippen molar-refractivity contribution >= 4 is 11.9 Å². The molecule has 1 fully saturated rings. The van der Waals surface area contributed by atoms with Crippen LogP contribution in [0, 0.1) is 5.92 Å². The molecule has 1 rings (SSSR count). The molecule has 0 saturated heterocycles. The van der Waals surface area contributed by atoms with Gasteiger partial charge in [-0.1, -0.05) is 6.92 Å². The van der Waals surface area contributed by atoms with Gasteiger partial charge in [-0.15, -0.1) is 0 Å². The second-order valence-corrected chi connectivity index (χ2v) is 5.68. The average Bonchev–Trinajstić information content (AvgIpc) is 2.94. The Bertz CT molecular complexity index is 290. The van der Waals surface area contributed by atoms with Crippen molar-refractivity contribution in [1.82, 2.24) is 5.32 Å². The Balaban J connectivity index is 2.49. The van der Waals surface area contributed by atoms with Gasteiger partial charge in [-0.05, 0) is 46.0 Å². The van der Waals surface area contributed by atoms with Crippen LogP contribution >= 0.6 is 0 Å². The smallest absolute Gasteiger partial charge is 0.408 e. The van der Waals surface area contributed by atoms with Gasteiger partial charge in [0.25, 0.3) is 0 Å². The maximum atomic E-state index is 11.9. The molecule has 0 heterocycles. The molecule has 1 aliphatic rings. The molecule has 1 atom stereocenters. The highest BCUT2D eigenvalue weighted by molar-refractivity contribution is 5.88. The van der Waals surface area contributed by atoms with E-state index in [0.29, 0.717) is 12.3 Å². The number of carbonyl (C=O) groups is 2. The zero-order valence-electron chi connectivity index (χ0n) is 11.2. The topological polar surface area (TPSA) is 55.4 Å². The summed E-state index contributed by atoms with van der Waals surface area (Å²) < 4.78 is 5.17. The Morgan fingerprint density at radius 3 is 2.35 bits per heavy atom. The third-order valence-corrected chi connectivity index (χ3v) is 2.61. The first-order chi connectivity index (χ1) is 7.83. The fraction of sp³-hybridized carbons (Fsp3) is 0.846. The minimum Gasteiger partial charge on any atom is -0.444 e. The summed E-state index contributed by atoms with van der Waals surface area (Å²) in [7, 11) is 0. The molecule has 17 heavy (non-hydrogen) atoms. The Morgan fingerprint density at radius 1 is 1.35 bits per heavy atom. The normalized spacial score (nSPS) is 17.4. The highest BCUT2D eigenvalue weighted by Gasteiger charge is 2.37. The van der Waals surface area contributed by atoms with Crippen molar-refractivity contribution in [3.8, 4) is 0 Å². The van der Waals surface area contributed by atoms with Gasteiger partial charge in [-0.2, -0.15) is 0 Å². The molecule has 0 aliphatic heterocycles. The number of nitrogens with one attached hydrogen (secondary N) is 1. The third kappa shape index (κ3) is 5.20. The zero-order valence-corrected chi connectivity index (χ0v) is 11.2. The van der Waals surface area contributed by atoms with Crippen LogP contribution in [-0.4, -0.2) is 23.5 Å². The summed E-state index contributed by atoms with van der Waals surface area (Å²) in [5.74, 6) is 0.447. The number of amides is 1. The van der Waals surface area contributed by atoms with Crippen molar-refractivity contribution in [1.29, 1.82) is 0 Å². The van der Waals surface area contributed by atoms with Gasteiger partial charge < -0.3 is 10.1 Å². The molecule has 0 bridgehead atoms. The fourth-order valence-corrected chi connectivity index (χ4v) is 1.73. The minimum atomic E-state index is -0.522. The number of alkyl carbamates (subject to hydrolysis) is 1. The number of ether oxygens (including phenoxy) is 1. The molecule has 1 N–H and O–H groups in total. The summed E-state index contributed by atoms with van der Waals surface area (Å²) in [5, 5.41) is 2.71. The summed E-state index contributed by atoms with van der Waals surface area (Å²) in [4.78, 5) is 23.5. The molecule has 0 aromatic rings. The first kappa shape index (κ1) is 14.0. The molecule has 0 spiro atoms. The second-order valence-electron chi connectivity index (χ2n) is 5.68. The summed E-state index contributed by atoms with van der Waals surface area (Å²) in [6, 6.07) is -0.343. The number of hydrogen-bond acceptors (Lipinski definition) is 3. The first-order valence-electron chi connectivity index (χ1n) is 6.35. The maximum absolute atomic E-state index is 11.9. The average molecular weight is 241 g/mol. The number of hydrogen-bond donors (Lipinski definition) is 1. The van der Waals surface area contributed by atoms with E-state index >= 15 is 0 Å². The molecule has 1 saturated carbocycles. The quantitative estimate of drug-likeness (QED) is 0.805. The van der Waals surface area contributed by atoms with Crippen molar-refractivity contribution < 1.29 is 14.3 Å². The molecular weight excluding hydrogens is 218 g/mol. The van der Waals surface area contributed by atoms with Crippen LogP contribution in [-0.2, 0) is 9.53 Å². The molecule has 4 nitrogen and oxygen atoms in total. The lowest BCUT2D eigenvalue weighted by molar-refractivity contribution is -0.121. The summed E-state index contributed by atoms with van der Waals surface area (Å²) in [6.45, 7) is 7.40. The summed E-state index contributed by atoms with van der Waals surface area (Å²) in [6.07, 6.45) is 2.90. The monoisotopic (exact) mass is 241 g/mol. The highest BCUT2D eigenvalue weighted by atomic mass is 16.6. The predicted octanol–water partition coefficient (Wildman–Crippen LogP) is 2.66. The first-order valence-corrected chi connectivity index (χ1v) is 6.35. The van der Waals surface area contributed by atoms with Gasteiger partial charge in [-0.25, -0.2) is 4.79 Å². The van der Waals surface area contributed by atoms with E-state index in [1.54, 1.807) is 0 Å². The van der Waals surface area contributed by atoms with E-state index in [2.05, 4.69) is 5.32 Å². The van der Waals surface area contributed by atoms with Crippen LogP contribution in [0.2, 0.25) is 0 Å². The van der Waals surface area contributed by atoms with Crippen LogP contribution in [0.15, 0.2) is 0 Å². The van der Waals surface area contributed by atoms with Gasteiger partial charge in [0, 0.05) is 6.42 Å². The molecule has 98 valence electrons. The Morgan fingerprint density at radius 2 is 1.94 bits per heavy atom. The minimum absolute atomic E-state index is 0.126. The molecule has 1 unspecified atom stereocenters. The Labute approximate surface area is 103 Å². The second kappa shape index (κ2) is 5.52. The van der Waals surface area contributed by atoms with Gasteiger partial charge in [0.05, 0.1) is 6.04 Å². The molecule has 0 radical (unpaired) electrons. The van der Waals surface area contributed by atoms with Crippen LogP contribution in [0.5, 0.6) is 0 Å². The largest absolute Gasteiger partial charge is 0.444 e.